The SMILES string of the molecule is CNC(=O)c1ccc(C[NH+](C)CC(=O)N2CC[NH+](CCOc3ccccc3)CC2)cc1. The zero-order chi connectivity index (χ0) is 22.1. The fraction of sp³-hybridized carbons (Fsp3) is 0.417. The van der Waals surface area contributed by atoms with E-state index in [0.717, 1.165) is 55.5 Å². The average molecular weight is 427 g/mol. The Morgan fingerprint density at radius 3 is 2.39 bits per heavy atom. The Bertz CT molecular complexity index is 834. The summed E-state index contributed by atoms with van der Waals surface area (Å²) in [6.07, 6.45) is 0. The molecule has 1 saturated heterocycles. The minimum Gasteiger partial charge on any atom is -0.488 e. The third-order valence-corrected chi connectivity index (χ3v) is 5.69. The number of hydrogen-bond acceptors (Lipinski definition) is 3. The molecule has 1 fully saturated rings. The first-order chi connectivity index (χ1) is 15.0. The van der Waals surface area contributed by atoms with Crippen LogP contribution in [0.1, 0.15) is 15.9 Å². The normalized spacial score (nSPS) is 15.4. The number of quaternary nitrogens is 2. The second-order valence-corrected chi connectivity index (χ2v) is 8.13. The van der Waals surface area contributed by atoms with Gasteiger partial charge in [-0.1, -0.05) is 30.3 Å². The molecule has 3 N–H and O–H groups in total. The first kappa shape index (κ1) is 22.8. The van der Waals surface area contributed by atoms with Gasteiger partial charge in [-0.2, -0.15) is 0 Å². The Hall–Kier alpha value is -2.90. The quantitative estimate of drug-likeness (QED) is 0.475. The monoisotopic (exact) mass is 426 g/mol. The molecule has 0 radical (unpaired) electrons. The van der Waals surface area contributed by atoms with Gasteiger partial charge in [0.25, 0.3) is 11.8 Å². The van der Waals surface area contributed by atoms with E-state index in [4.69, 9.17) is 4.74 Å². The topological polar surface area (TPSA) is 67.5 Å². The fourth-order valence-corrected chi connectivity index (χ4v) is 3.85. The lowest BCUT2D eigenvalue weighted by atomic mass is 10.1. The van der Waals surface area contributed by atoms with Crippen LogP contribution in [0, 0.1) is 0 Å². The maximum Gasteiger partial charge on any atom is 0.278 e. The number of piperazine rings is 1. The smallest absolute Gasteiger partial charge is 0.278 e. The lowest BCUT2D eigenvalue weighted by Crippen LogP contribution is -3.15. The Balaban J connectivity index is 1.35. The van der Waals surface area contributed by atoms with Crippen molar-refractivity contribution in [2.75, 3.05) is 60.0 Å². The van der Waals surface area contributed by atoms with Crippen molar-refractivity contribution >= 4 is 11.8 Å². The molecule has 0 saturated carbocycles. The highest BCUT2D eigenvalue weighted by molar-refractivity contribution is 5.93. The van der Waals surface area contributed by atoms with E-state index < -0.39 is 0 Å². The van der Waals surface area contributed by atoms with Gasteiger partial charge in [0.1, 0.15) is 25.4 Å². The Labute approximate surface area is 184 Å². The highest BCUT2D eigenvalue weighted by atomic mass is 16.5. The van der Waals surface area contributed by atoms with Crippen molar-refractivity contribution in [3.8, 4) is 5.75 Å². The summed E-state index contributed by atoms with van der Waals surface area (Å²) in [5.74, 6) is 1.03. The second-order valence-electron chi connectivity index (χ2n) is 8.13. The van der Waals surface area contributed by atoms with Gasteiger partial charge < -0.3 is 24.8 Å². The molecule has 0 aliphatic carbocycles. The molecular formula is C24H34N4O3+2. The maximum absolute atomic E-state index is 12.7. The van der Waals surface area contributed by atoms with Crippen molar-refractivity contribution in [3.63, 3.8) is 0 Å². The standard InChI is InChI=1S/C24H32N4O3/c1-25-24(30)21-10-8-20(9-11-21)18-26(2)19-23(29)28-14-12-27(13-15-28)16-17-31-22-6-4-3-5-7-22/h3-11H,12-19H2,1-2H3,(H,25,30)/p+2. The molecule has 0 aromatic heterocycles. The van der Waals surface area contributed by atoms with Gasteiger partial charge in [0.15, 0.2) is 6.54 Å². The summed E-state index contributed by atoms with van der Waals surface area (Å²) in [6.45, 7) is 6.40. The number of ether oxygens (including phenoxy) is 1. The van der Waals surface area contributed by atoms with Gasteiger partial charge in [-0.3, -0.25) is 9.59 Å². The third kappa shape index (κ3) is 7.08. The van der Waals surface area contributed by atoms with Gasteiger partial charge in [-0.15, -0.1) is 0 Å². The molecule has 7 nitrogen and oxygen atoms in total. The molecule has 166 valence electrons. The maximum atomic E-state index is 12.7. The minimum absolute atomic E-state index is 0.0877. The third-order valence-electron chi connectivity index (χ3n) is 5.69. The van der Waals surface area contributed by atoms with Gasteiger partial charge in [0.05, 0.1) is 33.2 Å². The molecule has 0 spiro atoms. The Morgan fingerprint density at radius 2 is 1.74 bits per heavy atom. The van der Waals surface area contributed by atoms with Gasteiger partial charge >= 0.3 is 0 Å². The molecule has 2 aromatic carbocycles. The molecule has 2 amide bonds. The van der Waals surface area contributed by atoms with E-state index >= 15 is 0 Å². The van der Waals surface area contributed by atoms with Gasteiger partial charge in [0, 0.05) is 18.2 Å². The molecule has 1 heterocycles. The number of likely N-dealkylation sites (N-methyl/N-ethyl adjacent to an activating group) is 1. The number of amides is 2. The van der Waals surface area contributed by atoms with E-state index in [-0.39, 0.29) is 11.8 Å². The summed E-state index contributed by atoms with van der Waals surface area (Å²) in [4.78, 5) is 29.0. The molecule has 1 aliphatic rings. The largest absolute Gasteiger partial charge is 0.488 e. The lowest BCUT2D eigenvalue weighted by molar-refractivity contribution is -0.904. The predicted molar refractivity (Wildman–Crippen MR) is 119 cm³/mol. The molecule has 31 heavy (non-hydrogen) atoms. The predicted octanol–water partition coefficient (Wildman–Crippen LogP) is -1.13. The molecular weight excluding hydrogens is 392 g/mol. The fourth-order valence-electron chi connectivity index (χ4n) is 3.85. The van der Waals surface area contributed by atoms with Crippen molar-refractivity contribution in [3.05, 3.63) is 65.7 Å². The first-order valence-corrected chi connectivity index (χ1v) is 11.0. The van der Waals surface area contributed by atoms with Crippen LogP contribution in [0.3, 0.4) is 0 Å². The molecule has 7 heteroatoms. The van der Waals surface area contributed by atoms with Crippen molar-refractivity contribution in [1.29, 1.82) is 0 Å². The van der Waals surface area contributed by atoms with Crippen molar-refractivity contribution in [1.82, 2.24) is 10.2 Å². The first-order valence-electron chi connectivity index (χ1n) is 11.0. The van der Waals surface area contributed by atoms with Crippen LogP contribution < -0.4 is 19.9 Å². The van der Waals surface area contributed by atoms with Crippen molar-refractivity contribution in [2.24, 2.45) is 0 Å². The summed E-state index contributed by atoms with van der Waals surface area (Å²) in [5.41, 5.74) is 1.76. The van der Waals surface area contributed by atoms with Crippen LogP contribution in [0.5, 0.6) is 5.75 Å². The molecule has 1 atom stereocenters. The number of benzene rings is 2. The van der Waals surface area contributed by atoms with Crippen molar-refractivity contribution in [2.45, 2.75) is 6.54 Å². The number of para-hydroxylation sites is 1. The van der Waals surface area contributed by atoms with Crippen LogP contribution in [0.4, 0.5) is 0 Å². The van der Waals surface area contributed by atoms with Crippen LogP contribution in [0.15, 0.2) is 54.6 Å². The van der Waals surface area contributed by atoms with E-state index in [1.807, 2.05) is 66.5 Å². The molecule has 2 aromatic rings. The van der Waals surface area contributed by atoms with Crippen molar-refractivity contribution < 1.29 is 24.1 Å². The highest BCUT2D eigenvalue weighted by Crippen LogP contribution is 2.07. The summed E-state index contributed by atoms with van der Waals surface area (Å²) < 4.78 is 5.79. The number of nitrogens with zero attached hydrogens (tertiary/aromatic N) is 1. The number of nitrogens with one attached hydrogen (secondary N) is 3. The van der Waals surface area contributed by atoms with E-state index in [0.29, 0.717) is 18.7 Å². The Morgan fingerprint density at radius 1 is 1.06 bits per heavy atom. The van der Waals surface area contributed by atoms with Crippen LogP contribution in [-0.4, -0.2) is 76.7 Å². The van der Waals surface area contributed by atoms with Crippen LogP contribution in [0.25, 0.3) is 0 Å². The Kier molecular flexibility index (Phi) is 8.44. The van der Waals surface area contributed by atoms with Gasteiger partial charge in [-0.05, 0) is 24.3 Å². The summed E-state index contributed by atoms with van der Waals surface area (Å²) in [5, 5.41) is 2.62. The van der Waals surface area contributed by atoms with E-state index in [2.05, 4.69) is 5.32 Å². The zero-order valence-electron chi connectivity index (χ0n) is 18.5. The number of hydrogen-bond donors (Lipinski definition) is 3. The number of carbonyl (C=O) groups is 2. The van der Waals surface area contributed by atoms with E-state index in [1.54, 1.807) is 7.05 Å². The average Bonchev–Trinajstić information content (AvgIpc) is 2.80. The van der Waals surface area contributed by atoms with Crippen LogP contribution >= 0.6 is 0 Å². The van der Waals surface area contributed by atoms with Gasteiger partial charge in [0.2, 0.25) is 0 Å². The second kappa shape index (κ2) is 11.5. The number of carbonyl (C=O) groups excluding carboxylic acids is 2. The molecule has 0 bridgehead atoms. The van der Waals surface area contributed by atoms with Crippen LogP contribution in [-0.2, 0) is 11.3 Å². The molecule has 3 rings (SSSR count). The summed E-state index contributed by atoms with van der Waals surface area (Å²) >= 11 is 0. The summed E-state index contributed by atoms with van der Waals surface area (Å²) in [7, 11) is 3.66. The van der Waals surface area contributed by atoms with E-state index in [1.165, 1.54) is 4.90 Å². The highest BCUT2D eigenvalue weighted by Gasteiger charge is 2.25. The van der Waals surface area contributed by atoms with Gasteiger partial charge in [-0.25, -0.2) is 0 Å². The van der Waals surface area contributed by atoms with E-state index in [9.17, 15) is 9.59 Å². The zero-order valence-corrected chi connectivity index (χ0v) is 18.5. The summed E-state index contributed by atoms with van der Waals surface area (Å²) in [6, 6.07) is 17.4. The molecule has 1 aliphatic heterocycles. The molecule has 1 unspecified atom stereocenters. The lowest BCUT2D eigenvalue weighted by Gasteiger charge is -2.32. The minimum atomic E-state index is -0.0877. The number of rotatable bonds is 9. The van der Waals surface area contributed by atoms with Crippen LogP contribution in [0.2, 0.25) is 0 Å².